The number of anilines is 2. The van der Waals surface area contributed by atoms with Crippen molar-refractivity contribution in [2.75, 3.05) is 10.6 Å². The highest BCUT2D eigenvalue weighted by Gasteiger charge is 2.29. The maximum absolute atomic E-state index is 12.1. The first-order chi connectivity index (χ1) is 12.0. The Morgan fingerprint density at radius 1 is 1.08 bits per heavy atom. The van der Waals surface area contributed by atoms with Crippen LogP contribution in [0.1, 0.15) is 37.1 Å². The summed E-state index contributed by atoms with van der Waals surface area (Å²) >= 11 is 0. The summed E-state index contributed by atoms with van der Waals surface area (Å²) in [4.78, 5) is 28.0. The molecule has 1 heterocycles. The summed E-state index contributed by atoms with van der Waals surface area (Å²) in [5, 5.41) is 8.59. The number of carbonyl (C=O) groups excluding carboxylic acids is 2. The van der Waals surface area contributed by atoms with Gasteiger partial charge in [0.1, 0.15) is 0 Å². The maximum atomic E-state index is 12.1. The lowest BCUT2D eigenvalue weighted by Crippen LogP contribution is -2.31. The summed E-state index contributed by atoms with van der Waals surface area (Å²) in [6.45, 7) is 3.78. The van der Waals surface area contributed by atoms with Crippen LogP contribution in [0, 0.1) is 12.8 Å². The van der Waals surface area contributed by atoms with Gasteiger partial charge in [-0.05, 0) is 56.5 Å². The topological polar surface area (TPSA) is 83.1 Å². The second kappa shape index (κ2) is 7.34. The molecule has 0 radical (unpaired) electrons. The van der Waals surface area contributed by atoms with Gasteiger partial charge in [0.2, 0.25) is 5.91 Å². The minimum atomic E-state index is -0.274. The van der Waals surface area contributed by atoms with Gasteiger partial charge in [-0.25, -0.2) is 4.79 Å². The Kier molecular flexibility index (Phi) is 4.97. The van der Waals surface area contributed by atoms with Crippen LogP contribution in [0.3, 0.4) is 0 Å². The molecule has 3 amide bonds. The number of pyridine rings is 1. The fraction of sp³-hybridized carbons (Fsp3) is 0.316. The number of hydrogen-bond donors (Lipinski definition) is 3. The third kappa shape index (κ3) is 4.79. The van der Waals surface area contributed by atoms with Crippen LogP contribution in [0.2, 0.25) is 0 Å². The molecule has 0 aliphatic heterocycles. The molecule has 3 rings (SSSR count). The van der Waals surface area contributed by atoms with Gasteiger partial charge in [-0.1, -0.05) is 12.1 Å². The Balaban J connectivity index is 1.54. The number of amides is 3. The van der Waals surface area contributed by atoms with Gasteiger partial charge in [0.05, 0.1) is 6.04 Å². The van der Waals surface area contributed by atoms with Gasteiger partial charge in [-0.15, -0.1) is 0 Å². The van der Waals surface area contributed by atoms with Crippen LogP contribution in [0.4, 0.5) is 16.2 Å². The van der Waals surface area contributed by atoms with Crippen molar-refractivity contribution < 1.29 is 9.59 Å². The average molecular weight is 338 g/mol. The molecule has 1 aliphatic rings. The molecule has 2 aromatic rings. The van der Waals surface area contributed by atoms with Gasteiger partial charge in [0.25, 0.3) is 0 Å². The number of urea groups is 1. The number of aryl methyl sites for hydroxylation is 1. The highest BCUT2D eigenvalue weighted by atomic mass is 16.2. The van der Waals surface area contributed by atoms with E-state index in [-0.39, 0.29) is 23.9 Å². The number of nitrogens with zero attached hydrogens (tertiary/aromatic N) is 1. The SMILES string of the molecule is Cc1cc(NC(=O)NC(C)c2ccc(NC(=O)C3CC3)cc2)ccn1. The monoisotopic (exact) mass is 338 g/mol. The Bertz CT molecular complexity index is 769. The number of carbonyl (C=O) groups is 2. The van der Waals surface area contributed by atoms with Crippen LogP contribution in [-0.4, -0.2) is 16.9 Å². The fourth-order valence-electron chi connectivity index (χ4n) is 2.52. The molecule has 1 aliphatic carbocycles. The minimum Gasteiger partial charge on any atom is -0.331 e. The second-order valence-corrected chi connectivity index (χ2v) is 6.39. The smallest absolute Gasteiger partial charge is 0.319 e. The van der Waals surface area contributed by atoms with Gasteiger partial charge < -0.3 is 16.0 Å². The van der Waals surface area contributed by atoms with Gasteiger partial charge in [-0.2, -0.15) is 0 Å². The molecule has 130 valence electrons. The van der Waals surface area contributed by atoms with E-state index < -0.39 is 0 Å². The van der Waals surface area contributed by atoms with E-state index >= 15 is 0 Å². The van der Waals surface area contributed by atoms with Crippen LogP contribution in [0.15, 0.2) is 42.6 Å². The predicted octanol–water partition coefficient (Wildman–Crippen LogP) is 3.62. The molecule has 1 fully saturated rings. The molecule has 1 aromatic carbocycles. The summed E-state index contributed by atoms with van der Waals surface area (Å²) in [5.41, 5.74) is 3.29. The molecule has 0 spiro atoms. The summed E-state index contributed by atoms with van der Waals surface area (Å²) in [5.74, 6) is 0.270. The van der Waals surface area contributed by atoms with Crippen molar-refractivity contribution in [1.82, 2.24) is 10.3 Å². The number of benzene rings is 1. The Morgan fingerprint density at radius 3 is 2.44 bits per heavy atom. The molecule has 1 aromatic heterocycles. The molecule has 0 saturated heterocycles. The standard InChI is InChI=1S/C19H22N4O2/c1-12-11-17(9-10-20-12)23-19(25)21-13(2)14-5-7-16(8-6-14)22-18(24)15-3-4-15/h5-11,13,15H,3-4H2,1-2H3,(H,22,24)(H2,20,21,23,25). The Hall–Kier alpha value is -2.89. The molecule has 6 heteroatoms. The lowest BCUT2D eigenvalue weighted by Gasteiger charge is -2.16. The van der Waals surface area contributed by atoms with E-state index in [1.54, 1.807) is 12.3 Å². The van der Waals surface area contributed by atoms with Crippen molar-refractivity contribution in [3.05, 3.63) is 53.9 Å². The molecule has 1 atom stereocenters. The molecule has 3 N–H and O–H groups in total. The summed E-state index contributed by atoms with van der Waals surface area (Å²) in [6.07, 6.45) is 3.62. The second-order valence-electron chi connectivity index (χ2n) is 6.39. The first-order valence-electron chi connectivity index (χ1n) is 8.42. The minimum absolute atomic E-state index is 0.0888. The first-order valence-corrected chi connectivity index (χ1v) is 8.42. The molecule has 0 bridgehead atoms. The lowest BCUT2D eigenvalue weighted by atomic mass is 10.1. The average Bonchev–Trinajstić information content (AvgIpc) is 3.40. The van der Waals surface area contributed by atoms with Crippen molar-refractivity contribution in [2.45, 2.75) is 32.7 Å². The van der Waals surface area contributed by atoms with Gasteiger partial charge in [0.15, 0.2) is 0 Å². The van der Waals surface area contributed by atoms with E-state index in [9.17, 15) is 9.59 Å². The van der Waals surface area contributed by atoms with Crippen LogP contribution < -0.4 is 16.0 Å². The highest BCUT2D eigenvalue weighted by Crippen LogP contribution is 2.30. The van der Waals surface area contributed by atoms with Gasteiger partial charge in [0, 0.05) is 29.2 Å². The highest BCUT2D eigenvalue weighted by molar-refractivity contribution is 5.94. The van der Waals surface area contributed by atoms with E-state index in [1.165, 1.54) is 0 Å². The van der Waals surface area contributed by atoms with Crippen LogP contribution in [0.5, 0.6) is 0 Å². The molecular formula is C19H22N4O2. The molecule has 25 heavy (non-hydrogen) atoms. The normalized spacial score (nSPS) is 14.5. The number of rotatable bonds is 5. The van der Waals surface area contributed by atoms with Crippen LogP contribution in [0.25, 0.3) is 0 Å². The van der Waals surface area contributed by atoms with Crippen molar-refractivity contribution in [3.8, 4) is 0 Å². The number of nitrogens with one attached hydrogen (secondary N) is 3. The van der Waals surface area contributed by atoms with Crippen molar-refractivity contribution >= 4 is 23.3 Å². The summed E-state index contributed by atoms with van der Waals surface area (Å²) in [7, 11) is 0. The maximum Gasteiger partial charge on any atom is 0.319 e. The zero-order valence-electron chi connectivity index (χ0n) is 14.4. The fourth-order valence-corrected chi connectivity index (χ4v) is 2.52. The zero-order chi connectivity index (χ0) is 17.8. The summed E-state index contributed by atoms with van der Waals surface area (Å²) < 4.78 is 0. The molecule has 1 saturated carbocycles. The van der Waals surface area contributed by atoms with Crippen LogP contribution in [-0.2, 0) is 4.79 Å². The molecule has 1 unspecified atom stereocenters. The largest absolute Gasteiger partial charge is 0.331 e. The van der Waals surface area contributed by atoms with Gasteiger partial charge >= 0.3 is 6.03 Å². The molecular weight excluding hydrogens is 316 g/mol. The summed E-state index contributed by atoms with van der Waals surface area (Å²) in [6, 6.07) is 10.7. The van der Waals surface area contributed by atoms with E-state index in [1.807, 2.05) is 44.2 Å². The quantitative estimate of drug-likeness (QED) is 0.778. The van der Waals surface area contributed by atoms with E-state index in [0.29, 0.717) is 5.69 Å². The lowest BCUT2D eigenvalue weighted by molar-refractivity contribution is -0.117. The zero-order valence-corrected chi connectivity index (χ0v) is 14.4. The van der Waals surface area contributed by atoms with Crippen LogP contribution >= 0.6 is 0 Å². The third-order valence-corrected chi connectivity index (χ3v) is 4.13. The molecule has 6 nitrogen and oxygen atoms in total. The van der Waals surface area contributed by atoms with Crippen molar-refractivity contribution in [1.29, 1.82) is 0 Å². The Morgan fingerprint density at radius 2 is 1.80 bits per heavy atom. The van der Waals surface area contributed by atoms with Gasteiger partial charge in [-0.3, -0.25) is 9.78 Å². The number of hydrogen-bond acceptors (Lipinski definition) is 3. The first kappa shape index (κ1) is 17.0. The van der Waals surface area contributed by atoms with Crippen molar-refractivity contribution in [2.24, 2.45) is 5.92 Å². The third-order valence-electron chi connectivity index (χ3n) is 4.13. The number of aromatic nitrogens is 1. The van der Waals surface area contributed by atoms with E-state index in [2.05, 4.69) is 20.9 Å². The predicted molar refractivity (Wildman–Crippen MR) is 97.3 cm³/mol. The van der Waals surface area contributed by atoms with E-state index in [0.717, 1.165) is 29.8 Å². The Labute approximate surface area is 147 Å². The van der Waals surface area contributed by atoms with Crippen molar-refractivity contribution in [3.63, 3.8) is 0 Å². The van der Waals surface area contributed by atoms with E-state index in [4.69, 9.17) is 0 Å².